The maximum atomic E-state index is 12.4. The number of nitrogens with one attached hydrogen (secondary N) is 1. The number of fused-ring (bicyclic) bond motifs is 1. The Balaban J connectivity index is 1.76. The number of esters is 1. The molecule has 0 unspecified atom stereocenters. The van der Waals surface area contributed by atoms with Crippen molar-refractivity contribution in [1.82, 2.24) is 10.2 Å². The van der Waals surface area contributed by atoms with Gasteiger partial charge in [-0.2, -0.15) is 5.10 Å². The smallest absolute Gasteiger partial charge is 0.359 e. The van der Waals surface area contributed by atoms with Gasteiger partial charge in [0.2, 0.25) is 5.78 Å². The first kappa shape index (κ1) is 15.9. The van der Waals surface area contributed by atoms with Crippen LogP contribution in [0.25, 0.3) is 10.9 Å². The Morgan fingerprint density at radius 3 is 2.46 bits per heavy atom. The van der Waals surface area contributed by atoms with Gasteiger partial charge in [0.15, 0.2) is 12.3 Å². The summed E-state index contributed by atoms with van der Waals surface area (Å²) in [6.07, 6.45) is 0. The van der Waals surface area contributed by atoms with Crippen molar-refractivity contribution in [2.24, 2.45) is 0 Å². The molecule has 3 rings (SSSR count). The Bertz CT molecular complexity index is 918. The number of H-pyrrole nitrogens is 1. The number of hydrogen-bond acceptors (Lipinski definition) is 4. The molecule has 0 radical (unpaired) electrons. The molecule has 0 aliphatic rings. The van der Waals surface area contributed by atoms with Crippen LogP contribution in [0.1, 0.15) is 37.5 Å². The molecule has 0 aliphatic carbocycles. The molecule has 0 aliphatic heterocycles. The van der Waals surface area contributed by atoms with E-state index in [9.17, 15) is 9.59 Å². The van der Waals surface area contributed by atoms with Gasteiger partial charge in [0.1, 0.15) is 0 Å². The third-order valence-electron chi connectivity index (χ3n) is 3.95. The number of para-hydroxylation sites is 1. The molecule has 5 nitrogen and oxygen atoms in total. The van der Waals surface area contributed by atoms with Crippen molar-refractivity contribution in [3.05, 3.63) is 64.3 Å². The van der Waals surface area contributed by atoms with Crippen LogP contribution in [0.4, 0.5) is 0 Å². The zero-order chi connectivity index (χ0) is 17.3. The number of hydrogen-bond donors (Lipinski definition) is 1. The fraction of sp³-hybridized carbons (Fsp3) is 0.211. The second kappa shape index (κ2) is 6.28. The number of carbonyl (C=O) groups excluding carboxylic acids is 2. The molecule has 0 fully saturated rings. The van der Waals surface area contributed by atoms with Gasteiger partial charge in [0.05, 0.1) is 5.52 Å². The third-order valence-corrected chi connectivity index (χ3v) is 3.95. The predicted molar refractivity (Wildman–Crippen MR) is 91.4 cm³/mol. The zero-order valence-electron chi connectivity index (χ0n) is 13.8. The van der Waals surface area contributed by atoms with Gasteiger partial charge in [-0.3, -0.25) is 9.89 Å². The van der Waals surface area contributed by atoms with Crippen LogP contribution in [-0.2, 0) is 4.74 Å². The maximum absolute atomic E-state index is 12.4. The first-order chi connectivity index (χ1) is 11.5. The minimum atomic E-state index is -0.608. The molecule has 5 heteroatoms. The monoisotopic (exact) mass is 322 g/mol. The summed E-state index contributed by atoms with van der Waals surface area (Å²) in [5.41, 5.74) is 4.43. The van der Waals surface area contributed by atoms with Crippen LogP contribution in [-0.4, -0.2) is 28.6 Å². The van der Waals surface area contributed by atoms with Crippen LogP contribution in [0.2, 0.25) is 0 Å². The Hall–Kier alpha value is -2.95. The minimum Gasteiger partial charge on any atom is -0.452 e. The summed E-state index contributed by atoms with van der Waals surface area (Å²) >= 11 is 0. The average molecular weight is 322 g/mol. The van der Waals surface area contributed by atoms with Crippen molar-refractivity contribution in [3.8, 4) is 0 Å². The molecule has 1 N–H and O–H groups in total. The highest BCUT2D eigenvalue weighted by Crippen LogP contribution is 2.18. The number of Topliss-reactive ketones (excluding diaryl/α,β-unsaturated/α-hetero) is 1. The Morgan fingerprint density at radius 2 is 1.75 bits per heavy atom. The largest absolute Gasteiger partial charge is 0.452 e. The van der Waals surface area contributed by atoms with Crippen LogP contribution in [0.5, 0.6) is 0 Å². The summed E-state index contributed by atoms with van der Waals surface area (Å²) in [6, 6.07) is 11.2. The lowest BCUT2D eigenvalue weighted by Crippen LogP contribution is -2.16. The number of aryl methyl sites for hydroxylation is 3. The van der Waals surface area contributed by atoms with E-state index in [4.69, 9.17) is 4.74 Å². The van der Waals surface area contributed by atoms with Crippen LogP contribution < -0.4 is 0 Å². The number of ether oxygens (including phenoxy) is 1. The summed E-state index contributed by atoms with van der Waals surface area (Å²) in [6.45, 7) is 5.45. The fourth-order valence-corrected chi connectivity index (χ4v) is 3.01. The Morgan fingerprint density at radius 1 is 1.08 bits per heavy atom. The van der Waals surface area contributed by atoms with E-state index in [2.05, 4.69) is 10.2 Å². The summed E-state index contributed by atoms with van der Waals surface area (Å²) in [7, 11) is 0. The molecule has 0 spiro atoms. The van der Waals surface area contributed by atoms with Gasteiger partial charge in [-0.1, -0.05) is 35.9 Å². The summed E-state index contributed by atoms with van der Waals surface area (Å²) in [5, 5.41) is 7.44. The average Bonchev–Trinajstić information content (AvgIpc) is 2.95. The SMILES string of the molecule is Cc1cc(C)c(C(=O)COC(=O)c2n[nH]c3ccccc23)c(C)c1. The molecule has 0 saturated heterocycles. The minimum absolute atomic E-state index is 0.191. The molecule has 1 heterocycles. The second-order valence-corrected chi connectivity index (χ2v) is 5.89. The van der Waals surface area contributed by atoms with Crippen molar-refractivity contribution in [2.45, 2.75) is 20.8 Å². The van der Waals surface area contributed by atoms with Gasteiger partial charge < -0.3 is 4.74 Å². The molecule has 0 amide bonds. The van der Waals surface area contributed by atoms with E-state index in [0.717, 1.165) is 22.2 Å². The van der Waals surface area contributed by atoms with Crippen LogP contribution in [0.15, 0.2) is 36.4 Å². The Labute approximate surface area is 139 Å². The molecule has 1 aromatic heterocycles. The standard InChI is InChI=1S/C19H18N2O3/c1-11-8-12(2)17(13(3)9-11)16(22)10-24-19(23)18-14-6-4-5-7-15(14)20-21-18/h4-9H,10H2,1-3H3,(H,20,21). The third kappa shape index (κ3) is 2.93. The van der Waals surface area contributed by atoms with E-state index < -0.39 is 5.97 Å². The van der Waals surface area contributed by atoms with Gasteiger partial charge in [0, 0.05) is 10.9 Å². The van der Waals surface area contributed by atoms with Gasteiger partial charge in [-0.15, -0.1) is 0 Å². The fourth-order valence-electron chi connectivity index (χ4n) is 3.01. The van der Waals surface area contributed by atoms with E-state index in [1.165, 1.54) is 0 Å². The molecular weight excluding hydrogens is 304 g/mol. The number of nitrogens with zero attached hydrogens (tertiary/aromatic N) is 1. The number of ketones is 1. The van der Waals surface area contributed by atoms with Crippen molar-refractivity contribution >= 4 is 22.7 Å². The second-order valence-electron chi connectivity index (χ2n) is 5.89. The van der Waals surface area contributed by atoms with Crippen molar-refractivity contribution in [1.29, 1.82) is 0 Å². The highest BCUT2D eigenvalue weighted by atomic mass is 16.5. The first-order valence-electron chi connectivity index (χ1n) is 7.68. The zero-order valence-corrected chi connectivity index (χ0v) is 13.8. The number of aromatic nitrogens is 2. The lowest BCUT2D eigenvalue weighted by molar-refractivity contribution is 0.0470. The summed E-state index contributed by atoms with van der Waals surface area (Å²) in [4.78, 5) is 24.7. The number of aromatic amines is 1. The molecule has 2 aromatic carbocycles. The number of rotatable bonds is 4. The highest BCUT2D eigenvalue weighted by Gasteiger charge is 2.19. The molecule has 24 heavy (non-hydrogen) atoms. The highest BCUT2D eigenvalue weighted by molar-refractivity contribution is 6.04. The molecular formula is C19H18N2O3. The van der Waals surface area contributed by atoms with Crippen molar-refractivity contribution in [2.75, 3.05) is 6.61 Å². The molecule has 122 valence electrons. The molecule has 3 aromatic rings. The van der Waals surface area contributed by atoms with E-state index in [-0.39, 0.29) is 18.1 Å². The lowest BCUT2D eigenvalue weighted by Gasteiger charge is -2.10. The Kier molecular flexibility index (Phi) is 4.16. The van der Waals surface area contributed by atoms with Gasteiger partial charge in [0.25, 0.3) is 0 Å². The first-order valence-corrected chi connectivity index (χ1v) is 7.68. The maximum Gasteiger partial charge on any atom is 0.359 e. The van der Waals surface area contributed by atoms with Crippen molar-refractivity contribution in [3.63, 3.8) is 0 Å². The van der Waals surface area contributed by atoms with Crippen LogP contribution in [0.3, 0.4) is 0 Å². The van der Waals surface area contributed by atoms with E-state index >= 15 is 0 Å². The topological polar surface area (TPSA) is 72.1 Å². The number of carbonyl (C=O) groups is 2. The van der Waals surface area contributed by atoms with Gasteiger partial charge in [-0.25, -0.2) is 4.79 Å². The van der Waals surface area contributed by atoms with Crippen LogP contribution >= 0.6 is 0 Å². The quantitative estimate of drug-likeness (QED) is 0.589. The van der Waals surface area contributed by atoms with E-state index in [1.54, 1.807) is 6.07 Å². The van der Waals surface area contributed by atoms with Crippen LogP contribution in [0, 0.1) is 20.8 Å². The van der Waals surface area contributed by atoms with E-state index in [0.29, 0.717) is 10.9 Å². The normalized spacial score (nSPS) is 10.8. The predicted octanol–water partition coefficient (Wildman–Crippen LogP) is 3.53. The van der Waals surface area contributed by atoms with Gasteiger partial charge >= 0.3 is 5.97 Å². The molecule has 0 saturated carbocycles. The molecule has 0 atom stereocenters. The number of benzene rings is 2. The van der Waals surface area contributed by atoms with Crippen molar-refractivity contribution < 1.29 is 14.3 Å². The lowest BCUT2D eigenvalue weighted by atomic mass is 9.97. The molecule has 0 bridgehead atoms. The summed E-state index contributed by atoms with van der Waals surface area (Å²) in [5.74, 6) is -0.818. The summed E-state index contributed by atoms with van der Waals surface area (Å²) < 4.78 is 5.18. The van der Waals surface area contributed by atoms with Gasteiger partial charge in [-0.05, 0) is 38.0 Å². The van der Waals surface area contributed by atoms with E-state index in [1.807, 2.05) is 51.1 Å².